The molecule has 2 aliphatic rings. The van der Waals surface area contributed by atoms with Crippen LogP contribution in [-0.2, 0) is 9.59 Å². The van der Waals surface area contributed by atoms with Crippen molar-refractivity contribution < 1.29 is 14.3 Å². The predicted octanol–water partition coefficient (Wildman–Crippen LogP) is 2.90. The molecule has 1 unspecified atom stereocenters. The van der Waals surface area contributed by atoms with Crippen LogP contribution in [0.3, 0.4) is 0 Å². The fourth-order valence-electron chi connectivity index (χ4n) is 4.33. The van der Waals surface area contributed by atoms with Crippen LogP contribution >= 0.6 is 11.6 Å². The van der Waals surface area contributed by atoms with Crippen molar-refractivity contribution >= 4 is 23.4 Å². The Bertz CT molecular complexity index is 683. The van der Waals surface area contributed by atoms with Gasteiger partial charge in [0.2, 0.25) is 5.91 Å². The van der Waals surface area contributed by atoms with Crippen molar-refractivity contribution in [3.8, 4) is 5.75 Å². The molecule has 2 amide bonds. The topological polar surface area (TPSA) is 53.1 Å². The van der Waals surface area contributed by atoms with Crippen LogP contribution in [-0.4, -0.2) is 78.9 Å². The highest BCUT2D eigenvalue weighted by Gasteiger charge is 2.38. The van der Waals surface area contributed by atoms with Crippen molar-refractivity contribution in [2.45, 2.75) is 38.6 Å². The zero-order chi connectivity index (χ0) is 20.8. The molecule has 1 saturated carbocycles. The number of benzene rings is 1. The van der Waals surface area contributed by atoms with E-state index in [-0.39, 0.29) is 24.5 Å². The van der Waals surface area contributed by atoms with E-state index in [0.717, 1.165) is 32.5 Å². The van der Waals surface area contributed by atoms with Crippen LogP contribution < -0.4 is 4.74 Å². The third-order valence-electron chi connectivity index (χ3n) is 6.19. The lowest BCUT2D eigenvalue weighted by Gasteiger charge is -2.41. The monoisotopic (exact) mass is 421 g/mol. The lowest BCUT2D eigenvalue weighted by Crippen LogP contribution is -2.58. The number of hydrogen-bond acceptors (Lipinski definition) is 4. The Hall–Kier alpha value is -1.79. The molecule has 1 heterocycles. The number of likely N-dealkylation sites (N-methyl/N-ethyl adjacent to an activating group) is 1. The Morgan fingerprint density at radius 3 is 2.34 bits per heavy atom. The van der Waals surface area contributed by atoms with E-state index in [2.05, 4.69) is 4.90 Å². The number of hydrogen-bond donors (Lipinski definition) is 0. The molecule has 29 heavy (non-hydrogen) atoms. The summed E-state index contributed by atoms with van der Waals surface area (Å²) in [6.45, 7) is 5.49. The predicted molar refractivity (Wildman–Crippen MR) is 114 cm³/mol. The van der Waals surface area contributed by atoms with Gasteiger partial charge in [-0.25, -0.2) is 0 Å². The molecular formula is C22H32ClN3O3. The highest BCUT2D eigenvalue weighted by atomic mass is 35.5. The standard InChI is InChI=1S/C22H32ClN3O3/c1-3-24(2)22(28)21(17-6-4-5-7-17)26-14-12-25(13-15-26)20(27)16-29-19-10-8-18(23)9-11-19/h8-11,17,21H,3-7,12-16H2,1-2H3. The summed E-state index contributed by atoms with van der Waals surface area (Å²) >= 11 is 5.87. The number of ether oxygens (including phenoxy) is 1. The summed E-state index contributed by atoms with van der Waals surface area (Å²) in [4.78, 5) is 31.5. The van der Waals surface area contributed by atoms with Gasteiger partial charge in [0.25, 0.3) is 5.91 Å². The second kappa shape index (κ2) is 10.3. The Morgan fingerprint density at radius 2 is 1.76 bits per heavy atom. The maximum absolute atomic E-state index is 13.0. The number of rotatable bonds is 7. The Morgan fingerprint density at radius 1 is 1.14 bits per heavy atom. The molecule has 1 saturated heterocycles. The SMILES string of the molecule is CCN(C)C(=O)C(C1CCCC1)N1CCN(C(=O)COc2ccc(Cl)cc2)CC1. The molecule has 1 aromatic carbocycles. The maximum Gasteiger partial charge on any atom is 0.260 e. The molecule has 0 N–H and O–H groups in total. The summed E-state index contributed by atoms with van der Waals surface area (Å²) in [5.74, 6) is 1.28. The smallest absolute Gasteiger partial charge is 0.260 e. The minimum absolute atomic E-state index is 0.0190. The van der Waals surface area contributed by atoms with Gasteiger partial charge in [-0.2, -0.15) is 0 Å². The first-order valence-electron chi connectivity index (χ1n) is 10.6. The van der Waals surface area contributed by atoms with Crippen molar-refractivity contribution in [3.05, 3.63) is 29.3 Å². The average Bonchev–Trinajstić information content (AvgIpc) is 3.27. The van der Waals surface area contributed by atoms with Gasteiger partial charge in [-0.15, -0.1) is 0 Å². The van der Waals surface area contributed by atoms with Gasteiger partial charge < -0.3 is 14.5 Å². The minimum atomic E-state index is -0.0509. The van der Waals surface area contributed by atoms with E-state index < -0.39 is 0 Å². The Labute approximate surface area is 178 Å². The van der Waals surface area contributed by atoms with Crippen LogP contribution in [0, 0.1) is 5.92 Å². The van der Waals surface area contributed by atoms with Gasteiger partial charge in [-0.05, 0) is 49.9 Å². The number of carbonyl (C=O) groups is 2. The van der Waals surface area contributed by atoms with Crippen LogP contribution in [0.15, 0.2) is 24.3 Å². The molecule has 0 spiro atoms. The molecule has 0 bridgehead atoms. The van der Waals surface area contributed by atoms with Gasteiger partial charge in [-0.1, -0.05) is 24.4 Å². The molecular weight excluding hydrogens is 390 g/mol. The maximum atomic E-state index is 13.0. The minimum Gasteiger partial charge on any atom is -0.484 e. The highest BCUT2D eigenvalue weighted by molar-refractivity contribution is 6.30. The van der Waals surface area contributed by atoms with Crippen molar-refractivity contribution in [1.82, 2.24) is 14.7 Å². The summed E-state index contributed by atoms with van der Waals surface area (Å²) in [6.07, 6.45) is 4.68. The van der Waals surface area contributed by atoms with E-state index in [1.165, 1.54) is 12.8 Å². The summed E-state index contributed by atoms with van der Waals surface area (Å²) < 4.78 is 5.59. The first-order valence-corrected chi connectivity index (χ1v) is 11.0. The second-order valence-corrected chi connectivity index (χ2v) is 8.44. The molecule has 7 heteroatoms. The van der Waals surface area contributed by atoms with Gasteiger partial charge in [0.05, 0.1) is 6.04 Å². The van der Waals surface area contributed by atoms with Gasteiger partial charge in [0.15, 0.2) is 6.61 Å². The number of nitrogens with zero attached hydrogens (tertiary/aromatic N) is 3. The Kier molecular flexibility index (Phi) is 7.78. The highest BCUT2D eigenvalue weighted by Crippen LogP contribution is 2.31. The Balaban J connectivity index is 1.53. The molecule has 160 valence electrons. The lowest BCUT2D eigenvalue weighted by atomic mass is 9.94. The van der Waals surface area contributed by atoms with E-state index in [1.807, 2.05) is 23.8 Å². The number of carbonyl (C=O) groups excluding carboxylic acids is 2. The number of piperazine rings is 1. The fourth-order valence-corrected chi connectivity index (χ4v) is 4.45. The molecule has 1 aromatic rings. The molecule has 3 rings (SSSR count). The van der Waals surface area contributed by atoms with Gasteiger partial charge in [0.1, 0.15) is 5.75 Å². The van der Waals surface area contributed by atoms with Gasteiger partial charge in [0, 0.05) is 44.8 Å². The molecule has 2 fully saturated rings. The van der Waals surface area contributed by atoms with Crippen molar-refractivity contribution in [3.63, 3.8) is 0 Å². The van der Waals surface area contributed by atoms with Crippen LogP contribution in [0.2, 0.25) is 5.02 Å². The fraction of sp³-hybridized carbons (Fsp3) is 0.636. The van der Waals surface area contributed by atoms with E-state index >= 15 is 0 Å². The summed E-state index contributed by atoms with van der Waals surface area (Å²) in [6, 6.07) is 6.96. The zero-order valence-electron chi connectivity index (χ0n) is 17.5. The van der Waals surface area contributed by atoms with E-state index in [9.17, 15) is 9.59 Å². The summed E-state index contributed by atoms with van der Waals surface area (Å²) in [5, 5.41) is 0.639. The normalized spacial score (nSPS) is 19.2. The zero-order valence-corrected chi connectivity index (χ0v) is 18.2. The van der Waals surface area contributed by atoms with Gasteiger partial charge >= 0.3 is 0 Å². The molecule has 0 radical (unpaired) electrons. The largest absolute Gasteiger partial charge is 0.484 e. The van der Waals surface area contributed by atoms with E-state index in [0.29, 0.717) is 29.8 Å². The summed E-state index contributed by atoms with van der Waals surface area (Å²) in [5.41, 5.74) is 0. The van der Waals surface area contributed by atoms with E-state index in [4.69, 9.17) is 16.3 Å². The van der Waals surface area contributed by atoms with Gasteiger partial charge in [-0.3, -0.25) is 14.5 Å². The van der Waals surface area contributed by atoms with Crippen molar-refractivity contribution in [2.75, 3.05) is 46.4 Å². The van der Waals surface area contributed by atoms with Crippen LogP contribution in [0.1, 0.15) is 32.6 Å². The van der Waals surface area contributed by atoms with Crippen LogP contribution in [0.25, 0.3) is 0 Å². The van der Waals surface area contributed by atoms with Crippen LogP contribution in [0.4, 0.5) is 0 Å². The second-order valence-electron chi connectivity index (χ2n) is 8.00. The summed E-state index contributed by atoms with van der Waals surface area (Å²) in [7, 11) is 1.89. The number of amides is 2. The third-order valence-corrected chi connectivity index (χ3v) is 6.44. The van der Waals surface area contributed by atoms with E-state index in [1.54, 1.807) is 24.3 Å². The molecule has 6 nitrogen and oxygen atoms in total. The average molecular weight is 422 g/mol. The van der Waals surface area contributed by atoms with Crippen LogP contribution in [0.5, 0.6) is 5.75 Å². The molecule has 1 aliphatic carbocycles. The quantitative estimate of drug-likeness (QED) is 0.679. The first kappa shape index (κ1) is 21.9. The first-order chi connectivity index (χ1) is 14.0. The molecule has 0 aromatic heterocycles. The lowest BCUT2D eigenvalue weighted by molar-refractivity contribution is -0.141. The third kappa shape index (κ3) is 5.64. The molecule has 1 aliphatic heterocycles. The van der Waals surface area contributed by atoms with Crippen molar-refractivity contribution in [2.24, 2.45) is 5.92 Å². The number of halogens is 1. The molecule has 1 atom stereocenters. The van der Waals surface area contributed by atoms with Crippen molar-refractivity contribution in [1.29, 1.82) is 0 Å².